The second-order valence-electron chi connectivity index (χ2n) is 4.24. The predicted molar refractivity (Wildman–Crippen MR) is 73.7 cm³/mol. The number of rotatable bonds is 8. The maximum absolute atomic E-state index is 9.75. The minimum atomic E-state index is -0.991. The Morgan fingerprint density at radius 1 is 1.25 bits per heavy atom. The zero-order chi connectivity index (χ0) is 14.8. The average Bonchev–Trinajstić information content (AvgIpc) is 3.01. The van der Waals surface area contributed by atoms with E-state index < -0.39 is 12.1 Å². The van der Waals surface area contributed by atoms with E-state index >= 15 is 0 Å². The van der Waals surface area contributed by atoms with Crippen molar-refractivity contribution in [3.63, 3.8) is 0 Å². The number of methoxy groups -OCH3 is 3. The zero-order valence-electron chi connectivity index (χ0n) is 12.2. The number of aliphatic hydroxyl groups excluding tert-OH is 1. The molecule has 5 heteroatoms. The van der Waals surface area contributed by atoms with Crippen LogP contribution < -0.4 is 0 Å². The first-order chi connectivity index (χ1) is 9.67. The number of unbranched alkanes of at least 4 members (excludes halogenated alkanes) is 1. The summed E-state index contributed by atoms with van der Waals surface area (Å²) in [5.74, 6) is 5.48. The van der Waals surface area contributed by atoms with Crippen LogP contribution in [0.4, 0.5) is 0 Å². The molecule has 1 unspecified atom stereocenters. The van der Waals surface area contributed by atoms with Gasteiger partial charge in [0.25, 0.3) is 5.97 Å². The van der Waals surface area contributed by atoms with Crippen LogP contribution in [0, 0.1) is 11.8 Å². The quantitative estimate of drug-likeness (QED) is 0.451. The monoisotopic (exact) mass is 282 g/mol. The van der Waals surface area contributed by atoms with E-state index in [0.717, 1.165) is 6.42 Å². The van der Waals surface area contributed by atoms with Crippen molar-refractivity contribution < 1.29 is 23.7 Å². The van der Waals surface area contributed by atoms with Crippen LogP contribution in [-0.2, 0) is 14.2 Å². The third-order valence-electron chi connectivity index (χ3n) is 3.01. The fourth-order valence-corrected chi connectivity index (χ4v) is 1.79. The van der Waals surface area contributed by atoms with E-state index in [4.69, 9.17) is 18.6 Å². The average molecular weight is 282 g/mol. The molecule has 1 aromatic heterocycles. The lowest BCUT2D eigenvalue weighted by molar-refractivity contribution is -0.355. The van der Waals surface area contributed by atoms with Gasteiger partial charge < -0.3 is 23.7 Å². The van der Waals surface area contributed by atoms with Crippen molar-refractivity contribution >= 4 is 0 Å². The second-order valence-corrected chi connectivity index (χ2v) is 4.24. The van der Waals surface area contributed by atoms with Crippen molar-refractivity contribution in [1.29, 1.82) is 0 Å². The van der Waals surface area contributed by atoms with Gasteiger partial charge in [0, 0.05) is 40.6 Å². The molecule has 1 N–H and O–H groups in total. The van der Waals surface area contributed by atoms with Gasteiger partial charge in [-0.15, -0.1) is 11.8 Å². The standard InChI is InChI=1S/C15H22O5/c1-17-15(18-2,19-3)11-7-5-4-6-9-13(16)14-10-8-12-20-14/h8,10,12-13,16H,5,7,9,11H2,1-3H3. The van der Waals surface area contributed by atoms with Gasteiger partial charge in [0.05, 0.1) is 6.26 Å². The summed E-state index contributed by atoms with van der Waals surface area (Å²) in [5.41, 5.74) is 0. The molecule has 0 radical (unpaired) electrons. The molecule has 20 heavy (non-hydrogen) atoms. The summed E-state index contributed by atoms with van der Waals surface area (Å²) in [6.45, 7) is 0. The van der Waals surface area contributed by atoms with Crippen LogP contribution in [0.1, 0.15) is 37.5 Å². The molecule has 0 bridgehead atoms. The fraction of sp³-hybridized carbons (Fsp3) is 0.600. The van der Waals surface area contributed by atoms with Crippen molar-refractivity contribution in [2.75, 3.05) is 21.3 Å². The minimum absolute atomic E-state index is 0.359. The van der Waals surface area contributed by atoms with Crippen LogP contribution >= 0.6 is 0 Å². The SMILES string of the molecule is COC(CCCC#CCC(O)c1ccco1)(OC)OC. The third-order valence-corrected chi connectivity index (χ3v) is 3.01. The van der Waals surface area contributed by atoms with Crippen LogP contribution in [0.25, 0.3) is 0 Å². The molecule has 0 spiro atoms. The highest BCUT2D eigenvalue weighted by atomic mass is 16.9. The molecule has 0 saturated heterocycles. The molecule has 1 atom stereocenters. The van der Waals surface area contributed by atoms with Crippen molar-refractivity contribution in [1.82, 2.24) is 0 Å². The smallest absolute Gasteiger partial charge is 0.282 e. The van der Waals surface area contributed by atoms with Gasteiger partial charge >= 0.3 is 0 Å². The Kier molecular flexibility index (Phi) is 7.34. The van der Waals surface area contributed by atoms with Crippen molar-refractivity contribution in [3.8, 4) is 11.8 Å². The molecular formula is C15H22O5. The van der Waals surface area contributed by atoms with E-state index in [2.05, 4.69) is 11.8 Å². The van der Waals surface area contributed by atoms with Gasteiger partial charge in [0.2, 0.25) is 0 Å². The first-order valence-electron chi connectivity index (χ1n) is 6.50. The topological polar surface area (TPSA) is 61.1 Å². The Balaban J connectivity index is 2.26. The molecule has 0 aliphatic rings. The number of ether oxygens (including phenoxy) is 3. The molecular weight excluding hydrogens is 260 g/mol. The number of aliphatic hydroxyl groups is 1. The molecule has 1 aromatic rings. The third kappa shape index (κ3) is 4.99. The van der Waals surface area contributed by atoms with E-state index in [1.807, 2.05) is 0 Å². The van der Waals surface area contributed by atoms with Crippen LogP contribution in [0.2, 0.25) is 0 Å². The van der Waals surface area contributed by atoms with E-state index in [0.29, 0.717) is 25.0 Å². The summed E-state index contributed by atoms with van der Waals surface area (Å²) in [4.78, 5) is 0. The van der Waals surface area contributed by atoms with Crippen LogP contribution in [-0.4, -0.2) is 32.4 Å². The lowest BCUT2D eigenvalue weighted by atomic mass is 10.2. The fourth-order valence-electron chi connectivity index (χ4n) is 1.79. The van der Waals surface area contributed by atoms with Gasteiger partial charge in [-0.1, -0.05) is 0 Å². The summed E-state index contributed by atoms with van der Waals surface area (Å²) in [5, 5.41) is 9.75. The summed E-state index contributed by atoms with van der Waals surface area (Å²) >= 11 is 0. The Morgan fingerprint density at radius 2 is 1.95 bits per heavy atom. The van der Waals surface area contributed by atoms with Gasteiger partial charge in [-0.2, -0.15) is 0 Å². The first-order valence-corrected chi connectivity index (χ1v) is 6.50. The van der Waals surface area contributed by atoms with E-state index in [-0.39, 0.29) is 0 Å². The van der Waals surface area contributed by atoms with Crippen LogP contribution in [0.3, 0.4) is 0 Å². The van der Waals surface area contributed by atoms with E-state index in [9.17, 15) is 5.11 Å². The second kappa shape index (κ2) is 8.77. The van der Waals surface area contributed by atoms with Gasteiger partial charge in [-0.25, -0.2) is 0 Å². The Morgan fingerprint density at radius 3 is 2.50 bits per heavy atom. The lowest BCUT2D eigenvalue weighted by Crippen LogP contribution is -2.35. The lowest BCUT2D eigenvalue weighted by Gasteiger charge is -2.28. The molecule has 1 rings (SSSR count). The predicted octanol–water partition coefficient (Wildman–Crippen LogP) is 2.47. The number of hydrogen-bond acceptors (Lipinski definition) is 5. The van der Waals surface area contributed by atoms with Gasteiger partial charge in [0.15, 0.2) is 0 Å². The van der Waals surface area contributed by atoms with Crippen molar-refractivity contribution in [3.05, 3.63) is 24.2 Å². The minimum Gasteiger partial charge on any atom is -0.467 e. The van der Waals surface area contributed by atoms with Crippen molar-refractivity contribution in [2.24, 2.45) is 0 Å². The molecule has 0 aliphatic carbocycles. The van der Waals surface area contributed by atoms with Crippen LogP contribution in [0.15, 0.2) is 22.8 Å². The van der Waals surface area contributed by atoms with Crippen LogP contribution in [0.5, 0.6) is 0 Å². The van der Waals surface area contributed by atoms with Gasteiger partial charge in [-0.05, 0) is 18.6 Å². The summed E-state index contributed by atoms with van der Waals surface area (Å²) < 4.78 is 20.6. The summed E-state index contributed by atoms with van der Waals surface area (Å²) in [7, 11) is 4.62. The number of hydrogen-bond donors (Lipinski definition) is 1. The van der Waals surface area contributed by atoms with Gasteiger partial charge in [0.1, 0.15) is 11.9 Å². The Hall–Kier alpha value is -1.32. The maximum atomic E-state index is 9.75. The van der Waals surface area contributed by atoms with Gasteiger partial charge in [-0.3, -0.25) is 0 Å². The Bertz CT molecular complexity index is 403. The molecule has 5 nitrogen and oxygen atoms in total. The summed E-state index contributed by atoms with van der Waals surface area (Å²) in [6.07, 6.45) is 3.27. The highest BCUT2D eigenvalue weighted by Crippen LogP contribution is 2.20. The molecule has 0 fully saturated rings. The van der Waals surface area contributed by atoms with Crippen molar-refractivity contribution in [2.45, 2.75) is 37.8 Å². The molecule has 1 heterocycles. The molecule has 112 valence electrons. The highest BCUT2D eigenvalue weighted by molar-refractivity contribution is 5.07. The molecule has 0 aromatic carbocycles. The van der Waals surface area contributed by atoms with E-state index in [1.54, 1.807) is 33.5 Å². The Labute approximate surface area is 119 Å². The summed E-state index contributed by atoms with van der Waals surface area (Å²) in [6, 6.07) is 3.47. The molecule has 0 aliphatic heterocycles. The highest BCUT2D eigenvalue weighted by Gasteiger charge is 2.28. The molecule has 0 saturated carbocycles. The largest absolute Gasteiger partial charge is 0.467 e. The maximum Gasteiger partial charge on any atom is 0.282 e. The number of furan rings is 1. The first kappa shape index (κ1) is 16.7. The van der Waals surface area contributed by atoms with E-state index in [1.165, 1.54) is 6.26 Å². The molecule has 0 amide bonds. The zero-order valence-corrected chi connectivity index (χ0v) is 12.2. The normalized spacial score (nSPS) is 12.8.